The van der Waals surface area contributed by atoms with Gasteiger partial charge in [-0.1, -0.05) is 40.2 Å². The molecule has 0 saturated heterocycles. The van der Waals surface area contributed by atoms with E-state index in [2.05, 4.69) is 45.2 Å². The molecular weight excluding hydrogens is 492 g/mol. The molecule has 0 saturated carbocycles. The van der Waals surface area contributed by atoms with Crippen molar-refractivity contribution in [2.45, 2.75) is 12.7 Å². The van der Waals surface area contributed by atoms with Crippen molar-refractivity contribution in [1.82, 2.24) is 9.97 Å². The molecule has 0 radical (unpaired) electrons. The third kappa shape index (κ3) is 3.26. The number of imidazole rings is 1. The number of nitriles is 2. The minimum atomic E-state index is -0.895. The molecule has 0 aliphatic carbocycles. The second kappa shape index (κ2) is 8.23. The largest absolute Gasteiger partial charge is 0.349 e. The van der Waals surface area contributed by atoms with Crippen LogP contribution in [0.3, 0.4) is 0 Å². The summed E-state index contributed by atoms with van der Waals surface area (Å²) in [6.07, 6.45) is 0. The Morgan fingerprint density at radius 1 is 0.882 bits per heavy atom. The van der Waals surface area contributed by atoms with Crippen molar-refractivity contribution >= 4 is 48.5 Å². The molecule has 166 valence electrons. The molecule has 1 heterocycles. The summed E-state index contributed by atoms with van der Waals surface area (Å²) in [4.78, 5) is 8.30. The van der Waals surface area contributed by atoms with E-state index < -0.39 is 5.79 Å². The van der Waals surface area contributed by atoms with E-state index in [1.165, 1.54) is 0 Å². The van der Waals surface area contributed by atoms with Crippen LogP contribution in [0.15, 0.2) is 59.1 Å². The Hall–Kier alpha value is -3.75. The van der Waals surface area contributed by atoms with E-state index in [0.717, 1.165) is 42.6 Å². The molecule has 5 rings (SSSR count). The molecule has 0 spiro atoms. The van der Waals surface area contributed by atoms with Crippen molar-refractivity contribution in [3.05, 3.63) is 75.8 Å². The number of aromatic amines is 1. The Kier molecular flexibility index (Phi) is 5.34. The van der Waals surface area contributed by atoms with E-state index in [1.807, 2.05) is 31.2 Å². The quantitative estimate of drug-likeness (QED) is 0.219. The van der Waals surface area contributed by atoms with Crippen molar-refractivity contribution in [3.8, 4) is 23.5 Å². The number of methoxy groups -OCH3 is 2. The molecule has 0 amide bonds. The lowest BCUT2D eigenvalue weighted by atomic mass is 9.96. The lowest BCUT2D eigenvalue weighted by Crippen LogP contribution is -2.26. The van der Waals surface area contributed by atoms with Crippen molar-refractivity contribution < 1.29 is 9.47 Å². The zero-order chi connectivity index (χ0) is 24.0. The van der Waals surface area contributed by atoms with Crippen molar-refractivity contribution in [2.75, 3.05) is 14.2 Å². The van der Waals surface area contributed by atoms with E-state index in [1.54, 1.807) is 32.4 Å². The molecular formula is C27H19BrN4O2. The van der Waals surface area contributed by atoms with Crippen LogP contribution in [0.5, 0.6) is 0 Å². The van der Waals surface area contributed by atoms with Gasteiger partial charge in [0.1, 0.15) is 5.82 Å². The van der Waals surface area contributed by atoms with E-state index in [4.69, 9.17) is 14.5 Å². The number of fused-ring (bicyclic) bond motifs is 6. The predicted molar refractivity (Wildman–Crippen MR) is 135 cm³/mol. The number of hydrogen-bond donors (Lipinski definition) is 1. The Bertz CT molecular complexity index is 1660. The highest BCUT2D eigenvalue weighted by molar-refractivity contribution is 9.10. The molecule has 0 atom stereocenters. The minimum Gasteiger partial charge on any atom is -0.349 e. The van der Waals surface area contributed by atoms with Crippen LogP contribution >= 0.6 is 15.9 Å². The van der Waals surface area contributed by atoms with Crippen molar-refractivity contribution in [1.29, 1.82) is 10.5 Å². The standard InChI is InChI=1S/C27H19BrN4O2/c1-27(33-2,34-3)17-7-9-19-21(11-17)22-12-18(28)8-10-20(22)25-24(19)31-26(32-25)23-15(13-29)5-4-6-16(23)14-30/h4-12H,1-3H3,(H,31,32). The summed E-state index contributed by atoms with van der Waals surface area (Å²) in [6, 6.07) is 21.6. The van der Waals surface area contributed by atoms with Gasteiger partial charge in [0.25, 0.3) is 0 Å². The molecule has 5 aromatic rings. The van der Waals surface area contributed by atoms with Crippen LogP contribution in [0.2, 0.25) is 0 Å². The van der Waals surface area contributed by atoms with Crippen LogP contribution in [0.4, 0.5) is 0 Å². The molecule has 4 aromatic carbocycles. The highest BCUT2D eigenvalue weighted by Gasteiger charge is 2.27. The first-order valence-electron chi connectivity index (χ1n) is 10.5. The van der Waals surface area contributed by atoms with Gasteiger partial charge in [-0.05, 0) is 48.0 Å². The molecule has 6 nitrogen and oxygen atoms in total. The molecule has 1 N–H and O–H groups in total. The van der Waals surface area contributed by atoms with Crippen LogP contribution in [0.1, 0.15) is 23.6 Å². The van der Waals surface area contributed by atoms with Gasteiger partial charge in [-0.2, -0.15) is 10.5 Å². The topological polar surface area (TPSA) is 94.7 Å². The summed E-state index contributed by atoms with van der Waals surface area (Å²) in [5, 5.41) is 23.3. The predicted octanol–water partition coefficient (Wildman–Crippen LogP) is 6.51. The minimum absolute atomic E-state index is 0.396. The SMILES string of the molecule is COC(C)(OC)c1ccc2c(c1)c1cc(Br)ccc1c1nc(-c3c(C#N)cccc3C#N)[nH]c21. The maximum absolute atomic E-state index is 9.67. The fourth-order valence-electron chi connectivity index (χ4n) is 4.41. The molecule has 0 aliphatic rings. The molecule has 1 aromatic heterocycles. The van der Waals surface area contributed by atoms with Gasteiger partial charge in [0.2, 0.25) is 0 Å². The molecule has 0 unspecified atom stereocenters. The smallest absolute Gasteiger partial charge is 0.191 e. The highest BCUT2D eigenvalue weighted by Crippen LogP contribution is 2.39. The maximum Gasteiger partial charge on any atom is 0.191 e. The molecule has 0 fully saturated rings. The van der Waals surface area contributed by atoms with E-state index in [-0.39, 0.29) is 0 Å². The Morgan fingerprint density at radius 2 is 1.53 bits per heavy atom. The lowest BCUT2D eigenvalue weighted by Gasteiger charge is -2.27. The number of ether oxygens (including phenoxy) is 2. The van der Waals surface area contributed by atoms with Crippen molar-refractivity contribution in [2.24, 2.45) is 0 Å². The number of aromatic nitrogens is 2. The van der Waals surface area contributed by atoms with E-state index in [9.17, 15) is 10.5 Å². The summed E-state index contributed by atoms with van der Waals surface area (Å²) in [7, 11) is 3.23. The lowest BCUT2D eigenvalue weighted by molar-refractivity contribution is -0.201. The second-order valence-corrected chi connectivity index (χ2v) is 8.98. The number of hydrogen-bond acceptors (Lipinski definition) is 5. The zero-order valence-corrected chi connectivity index (χ0v) is 20.3. The Labute approximate surface area is 204 Å². The van der Waals surface area contributed by atoms with Gasteiger partial charge < -0.3 is 14.5 Å². The van der Waals surface area contributed by atoms with Gasteiger partial charge in [0, 0.05) is 35.0 Å². The van der Waals surface area contributed by atoms with Gasteiger partial charge in [0.05, 0.1) is 39.9 Å². The first-order valence-corrected chi connectivity index (χ1v) is 11.3. The highest BCUT2D eigenvalue weighted by atomic mass is 79.9. The summed E-state index contributed by atoms with van der Waals surface area (Å²) in [5.74, 6) is -0.406. The van der Waals surface area contributed by atoms with Gasteiger partial charge in [-0.25, -0.2) is 4.98 Å². The summed E-state index contributed by atoms with van der Waals surface area (Å²) >= 11 is 3.60. The first-order chi connectivity index (χ1) is 16.4. The summed E-state index contributed by atoms with van der Waals surface area (Å²) in [5.41, 5.74) is 3.78. The van der Waals surface area contributed by atoms with Gasteiger partial charge >= 0.3 is 0 Å². The van der Waals surface area contributed by atoms with E-state index in [0.29, 0.717) is 22.5 Å². The van der Waals surface area contributed by atoms with Crippen LogP contribution in [-0.2, 0) is 15.3 Å². The fraction of sp³-hybridized carbons (Fsp3) is 0.148. The summed E-state index contributed by atoms with van der Waals surface area (Å²) < 4.78 is 12.2. The Balaban J connectivity index is 1.92. The van der Waals surface area contributed by atoms with Crippen LogP contribution < -0.4 is 0 Å². The van der Waals surface area contributed by atoms with Gasteiger partial charge in [-0.3, -0.25) is 0 Å². The number of H-pyrrole nitrogens is 1. The average molecular weight is 511 g/mol. The third-order valence-corrected chi connectivity index (χ3v) is 6.86. The van der Waals surface area contributed by atoms with Gasteiger partial charge in [-0.15, -0.1) is 0 Å². The summed E-state index contributed by atoms with van der Waals surface area (Å²) in [6.45, 7) is 1.88. The number of benzene rings is 4. The molecule has 34 heavy (non-hydrogen) atoms. The van der Waals surface area contributed by atoms with Crippen LogP contribution in [0.25, 0.3) is 44.0 Å². The van der Waals surface area contributed by atoms with Gasteiger partial charge in [0.15, 0.2) is 5.79 Å². The normalized spacial score (nSPS) is 11.7. The Morgan fingerprint density at radius 3 is 2.18 bits per heavy atom. The second-order valence-electron chi connectivity index (χ2n) is 8.06. The first kappa shape index (κ1) is 22.1. The monoisotopic (exact) mass is 510 g/mol. The number of nitrogens with zero attached hydrogens (tertiary/aromatic N) is 3. The molecule has 0 aliphatic heterocycles. The number of halogens is 1. The number of nitrogens with one attached hydrogen (secondary N) is 1. The average Bonchev–Trinajstić information content (AvgIpc) is 3.32. The third-order valence-electron chi connectivity index (χ3n) is 6.37. The fourth-order valence-corrected chi connectivity index (χ4v) is 4.77. The molecule has 7 heteroatoms. The van der Waals surface area contributed by atoms with E-state index >= 15 is 0 Å². The van der Waals surface area contributed by atoms with Crippen molar-refractivity contribution in [3.63, 3.8) is 0 Å². The van der Waals surface area contributed by atoms with Crippen LogP contribution in [-0.4, -0.2) is 24.2 Å². The zero-order valence-electron chi connectivity index (χ0n) is 18.7. The molecule has 0 bridgehead atoms. The number of rotatable bonds is 4. The maximum atomic E-state index is 9.67. The van der Waals surface area contributed by atoms with Crippen LogP contribution in [0, 0.1) is 22.7 Å².